The van der Waals surface area contributed by atoms with Crippen molar-refractivity contribution in [2.24, 2.45) is 0 Å². The maximum atomic E-state index is 12.3. The number of aromatic nitrogens is 3. The molecule has 7 heteroatoms. The highest BCUT2D eigenvalue weighted by Crippen LogP contribution is 2.25. The van der Waals surface area contributed by atoms with Crippen LogP contribution in [0.15, 0.2) is 67.1 Å². The number of aromatic hydroxyl groups is 1. The van der Waals surface area contributed by atoms with Crippen molar-refractivity contribution in [1.82, 2.24) is 24.6 Å². The molecule has 4 aromatic rings. The summed E-state index contributed by atoms with van der Waals surface area (Å²) >= 11 is 0. The third-order valence-electron chi connectivity index (χ3n) is 5.07. The lowest BCUT2D eigenvalue weighted by molar-refractivity contribution is 0.0952. The zero-order valence-electron chi connectivity index (χ0n) is 17.6. The third kappa shape index (κ3) is 4.73. The van der Waals surface area contributed by atoms with Crippen LogP contribution in [0.5, 0.6) is 5.75 Å². The minimum atomic E-state index is -0.0713. The van der Waals surface area contributed by atoms with Crippen molar-refractivity contribution < 1.29 is 9.90 Å². The van der Waals surface area contributed by atoms with Crippen LogP contribution in [-0.4, -0.2) is 57.5 Å². The molecular weight excluding hydrogens is 390 g/mol. The van der Waals surface area contributed by atoms with Gasteiger partial charge in [0.05, 0.1) is 23.8 Å². The first kappa shape index (κ1) is 20.6. The predicted molar refractivity (Wildman–Crippen MR) is 121 cm³/mol. The molecule has 1 amide bonds. The smallest absolute Gasteiger partial charge is 0.251 e. The van der Waals surface area contributed by atoms with Crippen LogP contribution in [0.2, 0.25) is 0 Å². The number of phenolic OH excluding ortho intramolecular Hbond substituents is 1. The Morgan fingerprint density at radius 1 is 1.00 bits per heavy atom. The molecule has 4 rings (SSSR count). The molecule has 31 heavy (non-hydrogen) atoms. The van der Waals surface area contributed by atoms with Crippen LogP contribution in [0.1, 0.15) is 16.8 Å². The minimum absolute atomic E-state index is 0.0713. The van der Waals surface area contributed by atoms with Gasteiger partial charge in [-0.2, -0.15) is 0 Å². The van der Waals surface area contributed by atoms with Crippen LogP contribution >= 0.6 is 0 Å². The second-order valence-electron chi connectivity index (χ2n) is 7.68. The molecule has 7 nitrogen and oxygen atoms in total. The van der Waals surface area contributed by atoms with Crippen molar-refractivity contribution in [3.8, 4) is 28.3 Å². The van der Waals surface area contributed by atoms with Crippen molar-refractivity contribution in [2.45, 2.75) is 6.42 Å². The molecule has 0 spiro atoms. The van der Waals surface area contributed by atoms with Crippen LogP contribution in [-0.2, 0) is 0 Å². The lowest BCUT2D eigenvalue weighted by Gasteiger charge is -2.10. The molecule has 0 aliphatic heterocycles. The number of amides is 1. The summed E-state index contributed by atoms with van der Waals surface area (Å²) in [6.07, 6.45) is 6.36. The molecule has 158 valence electrons. The number of carbonyl (C=O) groups is 1. The van der Waals surface area contributed by atoms with Gasteiger partial charge in [0.25, 0.3) is 5.91 Å². The fraction of sp³-hybridized carbons (Fsp3) is 0.208. The molecule has 0 aliphatic carbocycles. The normalized spacial score (nSPS) is 11.2. The predicted octanol–water partition coefficient (Wildman–Crippen LogP) is 3.45. The van der Waals surface area contributed by atoms with Gasteiger partial charge in [-0.3, -0.25) is 14.2 Å². The Kier molecular flexibility index (Phi) is 5.95. The van der Waals surface area contributed by atoms with Crippen LogP contribution in [0.25, 0.3) is 28.2 Å². The van der Waals surface area contributed by atoms with Crippen LogP contribution in [0.4, 0.5) is 0 Å². The summed E-state index contributed by atoms with van der Waals surface area (Å²) in [6, 6.07) is 14.5. The van der Waals surface area contributed by atoms with Gasteiger partial charge < -0.3 is 15.3 Å². The highest BCUT2D eigenvalue weighted by atomic mass is 16.3. The number of imidazole rings is 1. The first-order valence-corrected chi connectivity index (χ1v) is 10.2. The number of nitrogens with one attached hydrogen (secondary N) is 1. The molecule has 2 aromatic heterocycles. The number of carbonyl (C=O) groups excluding carboxylic acids is 1. The quantitative estimate of drug-likeness (QED) is 0.452. The van der Waals surface area contributed by atoms with Crippen molar-refractivity contribution in [3.63, 3.8) is 0 Å². The molecule has 2 aromatic carbocycles. The van der Waals surface area contributed by atoms with Crippen LogP contribution in [0.3, 0.4) is 0 Å². The molecule has 0 saturated carbocycles. The van der Waals surface area contributed by atoms with Gasteiger partial charge in [0, 0.05) is 29.4 Å². The molecule has 0 saturated heterocycles. The monoisotopic (exact) mass is 415 g/mol. The third-order valence-corrected chi connectivity index (χ3v) is 5.07. The van der Waals surface area contributed by atoms with Gasteiger partial charge in [0.1, 0.15) is 5.75 Å². The molecule has 0 radical (unpaired) electrons. The number of hydrogen-bond acceptors (Lipinski definition) is 5. The standard InChI is InChI=1S/C24H25N5O2/c1-28(2)13-3-12-25-24(31)19-6-4-17(5-7-19)21-16-29-22(14-27-23(29)15-26-21)18-8-10-20(30)11-9-18/h4-11,14-16,30H,3,12-13H2,1-2H3,(H,25,31). The van der Waals surface area contributed by atoms with Gasteiger partial charge in [-0.25, -0.2) is 4.98 Å². The molecule has 0 unspecified atom stereocenters. The summed E-state index contributed by atoms with van der Waals surface area (Å²) in [4.78, 5) is 23.4. The van der Waals surface area contributed by atoms with Gasteiger partial charge in [-0.1, -0.05) is 12.1 Å². The average molecular weight is 415 g/mol. The fourth-order valence-electron chi connectivity index (χ4n) is 3.38. The SMILES string of the molecule is CN(C)CCCNC(=O)c1ccc(-c2cn3c(-c4ccc(O)cc4)cnc3cn2)cc1. The molecule has 0 aliphatic rings. The first-order valence-electron chi connectivity index (χ1n) is 10.2. The van der Waals surface area contributed by atoms with E-state index in [2.05, 4.69) is 20.2 Å². The van der Waals surface area contributed by atoms with E-state index in [1.165, 1.54) is 0 Å². The highest BCUT2D eigenvalue weighted by Gasteiger charge is 2.10. The van der Waals surface area contributed by atoms with Crippen LogP contribution in [0, 0.1) is 0 Å². The van der Waals surface area contributed by atoms with E-state index in [1.807, 2.05) is 61.1 Å². The molecule has 0 bridgehead atoms. The zero-order valence-corrected chi connectivity index (χ0v) is 17.6. The van der Waals surface area contributed by atoms with E-state index in [0.29, 0.717) is 12.1 Å². The Bertz CT molecular complexity index is 1180. The van der Waals surface area contributed by atoms with E-state index in [0.717, 1.165) is 41.1 Å². The number of hydrogen-bond donors (Lipinski definition) is 2. The summed E-state index contributed by atoms with van der Waals surface area (Å²) in [7, 11) is 4.03. The fourth-order valence-corrected chi connectivity index (χ4v) is 3.38. The van der Waals surface area contributed by atoms with E-state index in [1.54, 1.807) is 24.5 Å². The Morgan fingerprint density at radius 3 is 2.42 bits per heavy atom. The van der Waals surface area contributed by atoms with Gasteiger partial charge >= 0.3 is 0 Å². The average Bonchev–Trinajstić information content (AvgIpc) is 3.20. The second kappa shape index (κ2) is 8.97. The van der Waals surface area contributed by atoms with E-state index < -0.39 is 0 Å². The minimum Gasteiger partial charge on any atom is -0.508 e. The Morgan fingerprint density at radius 2 is 1.71 bits per heavy atom. The summed E-state index contributed by atoms with van der Waals surface area (Å²) in [5, 5.41) is 12.5. The van der Waals surface area contributed by atoms with Crippen molar-refractivity contribution in [3.05, 3.63) is 72.7 Å². The summed E-state index contributed by atoms with van der Waals surface area (Å²) in [6.45, 7) is 1.59. The topological polar surface area (TPSA) is 82.8 Å². The lowest BCUT2D eigenvalue weighted by atomic mass is 10.1. The maximum Gasteiger partial charge on any atom is 0.251 e. The Hall–Kier alpha value is -3.71. The summed E-state index contributed by atoms with van der Waals surface area (Å²) in [5.74, 6) is 0.152. The molecule has 2 heterocycles. The van der Waals surface area contributed by atoms with Crippen molar-refractivity contribution in [1.29, 1.82) is 0 Å². The van der Waals surface area contributed by atoms with Crippen LogP contribution < -0.4 is 5.32 Å². The molecule has 2 N–H and O–H groups in total. The molecular formula is C24H25N5O2. The number of nitrogens with zero attached hydrogens (tertiary/aromatic N) is 4. The largest absolute Gasteiger partial charge is 0.508 e. The van der Waals surface area contributed by atoms with E-state index in [-0.39, 0.29) is 11.7 Å². The summed E-state index contributed by atoms with van der Waals surface area (Å²) in [5.41, 5.74) is 4.92. The lowest BCUT2D eigenvalue weighted by Crippen LogP contribution is -2.27. The Labute approximate surface area is 181 Å². The van der Waals surface area contributed by atoms with Gasteiger partial charge in [0.2, 0.25) is 0 Å². The molecule has 0 fully saturated rings. The summed E-state index contributed by atoms with van der Waals surface area (Å²) < 4.78 is 1.97. The zero-order chi connectivity index (χ0) is 21.8. The van der Waals surface area contributed by atoms with E-state index in [4.69, 9.17) is 0 Å². The maximum absolute atomic E-state index is 12.3. The number of rotatable bonds is 7. The second-order valence-corrected chi connectivity index (χ2v) is 7.68. The number of phenols is 1. The van der Waals surface area contributed by atoms with E-state index in [9.17, 15) is 9.90 Å². The van der Waals surface area contributed by atoms with E-state index >= 15 is 0 Å². The first-order chi connectivity index (χ1) is 15.0. The van der Waals surface area contributed by atoms with Gasteiger partial charge in [-0.15, -0.1) is 0 Å². The Balaban J connectivity index is 1.53. The van der Waals surface area contributed by atoms with Gasteiger partial charge in [0.15, 0.2) is 5.65 Å². The van der Waals surface area contributed by atoms with Crippen molar-refractivity contribution in [2.75, 3.05) is 27.2 Å². The van der Waals surface area contributed by atoms with Crippen molar-refractivity contribution >= 4 is 11.6 Å². The number of fused-ring (bicyclic) bond motifs is 1. The number of benzene rings is 2. The highest BCUT2D eigenvalue weighted by molar-refractivity contribution is 5.94. The van der Waals surface area contributed by atoms with Gasteiger partial charge in [-0.05, 0) is 63.5 Å². The molecule has 0 atom stereocenters.